The van der Waals surface area contributed by atoms with E-state index in [2.05, 4.69) is 10.3 Å². The lowest BCUT2D eigenvalue weighted by Crippen LogP contribution is -2.52. The number of carbonyl (C=O) groups excluding carboxylic acids is 3. The first-order chi connectivity index (χ1) is 20.3. The summed E-state index contributed by atoms with van der Waals surface area (Å²) in [6.45, 7) is -0.0138. The molecule has 1 saturated carbocycles. The van der Waals surface area contributed by atoms with Crippen LogP contribution in [0.4, 0.5) is 0 Å². The van der Waals surface area contributed by atoms with Gasteiger partial charge in [-0.05, 0) is 66.8 Å². The number of carbonyl (C=O) groups is 3. The fourth-order valence-electron chi connectivity index (χ4n) is 5.81. The molecule has 3 aromatic rings. The molecule has 2 aromatic carbocycles. The number of pyridine rings is 1. The molecule has 11 heteroatoms. The lowest BCUT2D eigenvalue weighted by molar-refractivity contribution is -0.138. The Morgan fingerprint density at radius 3 is 2.40 bits per heavy atom. The molecular formula is C31H32N4O6S. The van der Waals surface area contributed by atoms with Gasteiger partial charge in [-0.3, -0.25) is 19.4 Å². The molecule has 6 rings (SSSR count). The first-order valence-electron chi connectivity index (χ1n) is 14.1. The van der Waals surface area contributed by atoms with E-state index in [0.29, 0.717) is 41.4 Å². The van der Waals surface area contributed by atoms with Crippen LogP contribution in [-0.2, 0) is 25.4 Å². The van der Waals surface area contributed by atoms with E-state index in [0.717, 1.165) is 12.8 Å². The van der Waals surface area contributed by atoms with Gasteiger partial charge in [0.15, 0.2) is 5.78 Å². The van der Waals surface area contributed by atoms with Gasteiger partial charge in [-0.15, -0.1) is 0 Å². The van der Waals surface area contributed by atoms with Crippen molar-refractivity contribution in [3.8, 4) is 11.5 Å². The number of sulfonamides is 1. The first kappa shape index (κ1) is 28.0. The third-order valence-corrected chi connectivity index (χ3v) is 9.87. The van der Waals surface area contributed by atoms with E-state index in [1.807, 2.05) is 30.3 Å². The summed E-state index contributed by atoms with van der Waals surface area (Å²) in [4.78, 5) is 45.6. The van der Waals surface area contributed by atoms with Crippen LogP contribution in [0.15, 0.2) is 79.1 Å². The Kier molecular flexibility index (Phi) is 7.78. The van der Waals surface area contributed by atoms with Crippen LogP contribution in [0, 0.1) is 5.92 Å². The zero-order valence-corrected chi connectivity index (χ0v) is 23.8. The number of hydrogen-bond acceptors (Lipinski definition) is 7. The summed E-state index contributed by atoms with van der Waals surface area (Å²) >= 11 is 0. The molecule has 218 valence electrons. The van der Waals surface area contributed by atoms with Crippen LogP contribution < -0.4 is 10.1 Å². The van der Waals surface area contributed by atoms with Gasteiger partial charge in [-0.1, -0.05) is 37.1 Å². The molecule has 2 amide bonds. The predicted molar refractivity (Wildman–Crippen MR) is 154 cm³/mol. The smallest absolute Gasteiger partial charge is 0.251 e. The molecule has 3 fully saturated rings. The fraction of sp³-hybridized carbons (Fsp3) is 0.355. The van der Waals surface area contributed by atoms with E-state index >= 15 is 0 Å². The summed E-state index contributed by atoms with van der Waals surface area (Å²) in [5, 5.41) is 2.90. The number of ketones is 1. The summed E-state index contributed by atoms with van der Waals surface area (Å²) in [5.74, 6) is 0.288. The number of para-hydroxylation sites is 1. The average molecular weight is 589 g/mol. The average Bonchev–Trinajstić information content (AvgIpc) is 3.59. The van der Waals surface area contributed by atoms with Gasteiger partial charge in [-0.25, -0.2) is 8.42 Å². The monoisotopic (exact) mass is 588 g/mol. The predicted octanol–water partition coefficient (Wildman–Crippen LogP) is 3.16. The Morgan fingerprint density at radius 2 is 1.71 bits per heavy atom. The Hall–Kier alpha value is -4.09. The molecule has 3 aliphatic rings. The lowest BCUT2D eigenvalue weighted by Gasteiger charge is -2.28. The Labute approximate surface area is 244 Å². The number of amides is 2. The van der Waals surface area contributed by atoms with E-state index in [-0.39, 0.29) is 30.5 Å². The van der Waals surface area contributed by atoms with Crippen molar-refractivity contribution in [2.24, 2.45) is 5.92 Å². The van der Waals surface area contributed by atoms with Gasteiger partial charge in [0.05, 0.1) is 18.3 Å². The highest BCUT2D eigenvalue weighted by Crippen LogP contribution is 2.36. The van der Waals surface area contributed by atoms with E-state index < -0.39 is 34.1 Å². The number of nitrogens with one attached hydrogen (secondary N) is 1. The molecule has 3 atom stereocenters. The second-order valence-electron chi connectivity index (χ2n) is 11.1. The number of rotatable bonds is 10. The van der Waals surface area contributed by atoms with Crippen molar-refractivity contribution in [3.05, 3.63) is 90.3 Å². The maximum atomic E-state index is 13.8. The minimum atomic E-state index is -3.80. The quantitative estimate of drug-likeness (QED) is 0.386. The minimum Gasteiger partial charge on any atom is -0.457 e. The zero-order chi connectivity index (χ0) is 29.3. The van der Waals surface area contributed by atoms with Gasteiger partial charge in [0.1, 0.15) is 23.6 Å². The summed E-state index contributed by atoms with van der Waals surface area (Å²) < 4.78 is 33.6. The molecule has 1 aliphatic carbocycles. The highest BCUT2D eigenvalue weighted by molar-refractivity contribution is 7.88. The molecule has 0 radical (unpaired) electrons. The zero-order valence-electron chi connectivity index (χ0n) is 23.0. The molecule has 1 N–H and O–H groups in total. The van der Waals surface area contributed by atoms with E-state index in [1.54, 1.807) is 42.6 Å². The maximum absolute atomic E-state index is 13.8. The number of Topliss-reactive ketones (excluding diaryl/α,β-unsaturated/α-hetero) is 1. The largest absolute Gasteiger partial charge is 0.457 e. The van der Waals surface area contributed by atoms with Gasteiger partial charge < -0.3 is 15.0 Å². The number of benzene rings is 2. The van der Waals surface area contributed by atoms with Crippen LogP contribution >= 0.6 is 0 Å². The Morgan fingerprint density at radius 1 is 0.976 bits per heavy atom. The summed E-state index contributed by atoms with van der Waals surface area (Å²) in [5.41, 5.74) is 0.916. The number of hydrogen-bond donors (Lipinski definition) is 1. The summed E-state index contributed by atoms with van der Waals surface area (Å²) in [7, 11) is -3.80. The maximum Gasteiger partial charge on any atom is 0.251 e. The number of ether oxygens (including phenoxy) is 1. The van der Waals surface area contributed by atoms with Crippen molar-refractivity contribution in [2.75, 3.05) is 13.1 Å². The third-order valence-electron chi connectivity index (χ3n) is 8.05. The van der Waals surface area contributed by atoms with Gasteiger partial charge in [0.2, 0.25) is 15.9 Å². The summed E-state index contributed by atoms with van der Waals surface area (Å²) in [6, 6.07) is 17.1. The van der Waals surface area contributed by atoms with E-state index in [9.17, 15) is 22.8 Å². The normalized spacial score (nSPS) is 21.1. The summed E-state index contributed by atoms with van der Waals surface area (Å²) in [6.07, 6.45) is 5.87. The van der Waals surface area contributed by atoms with Crippen LogP contribution in [0.25, 0.3) is 0 Å². The van der Waals surface area contributed by atoms with E-state index in [1.165, 1.54) is 15.4 Å². The van der Waals surface area contributed by atoms with Crippen molar-refractivity contribution < 1.29 is 27.5 Å². The van der Waals surface area contributed by atoms with Crippen LogP contribution in [0.2, 0.25) is 0 Å². The fourth-order valence-corrected chi connectivity index (χ4v) is 7.52. The van der Waals surface area contributed by atoms with Crippen LogP contribution in [0.3, 0.4) is 0 Å². The van der Waals surface area contributed by atoms with Gasteiger partial charge in [0.25, 0.3) is 5.91 Å². The molecule has 0 bridgehead atoms. The van der Waals surface area contributed by atoms with Crippen molar-refractivity contribution in [1.29, 1.82) is 0 Å². The van der Waals surface area contributed by atoms with Crippen LogP contribution in [0.1, 0.15) is 41.6 Å². The Balaban J connectivity index is 1.14. The van der Waals surface area contributed by atoms with Gasteiger partial charge in [0, 0.05) is 24.5 Å². The second-order valence-corrected chi connectivity index (χ2v) is 13.0. The number of nitrogens with zero attached hydrogens (tertiary/aromatic N) is 3. The molecule has 3 heterocycles. The Bertz CT molecular complexity index is 1560. The minimum absolute atomic E-state index is 0.251. The van der Waals surface area contributed by atoms with Crippen molar-refractivity contribution >= 4 is 27.6 Å². The van der Waals surface area contributed by atoms with Crippen molar-refractivity contribution in [3.63, 3.8) is 0 Å². The van der Waals surface area contributed by atoms with Crippen LogP contribution in [-0.4, -0.2) is 71.4 Å². The molecule has 1 aromatic heterocycles. The SMILES string of the molecule is O=C(NC(CC1CC1)C(=O)N1CCC2C1C(=O)CN2S(=O)(=O)Cc1cccnc1)c1ccc(Oc2ccccc2)cc1. The highest BCUT2D eigenvalue weighted by atomic mass is 32.2. The first-order valence-corrected chi connectivity index (χ1v) is 15.7. The lowest BCUT2D eigenvalue weighted by atomic mass is 10.1. The molecule has 2 aliphatic heterocycles. The third kappa shape index (κ3) is 6.07. The van der Waals surface area contributed by atoms with Gasteiger partial charge in [-0.2, -0.15) is 4.31 Å². The number of fused-ring (bicyclic) bond motifs is 1. The van der Waals surface area contributed by atoms with Crippen molar-refractivity contribution in [1.82, 2.24) is 19.5 Å². The molecule has 2 saturated heterocycles. The van der Waals surface area contributed by atoms with E-state index in [4.69, 9.17) is 4.74 Å². The molecule has 10 nitrogen and oxygen atoms in total. The molecule has 0 spiro atoms. The number of aromatic nitrogens is 1. The number of likely N-dealkylation sites (tertiary alicyclic amines) is 1. The van der Waals surface area contributed by atoms with Gasteiger partial charge >= 0.3 is 0 Å². The molecule has 42 heavy (non-hydrogen) atoms. The second kappa shape index (κ2) is 11.7. The van der Waals surface area contributed by atoms with Crippen LogP contribution in [0.5, 0.6) is 11.5 Å². The highest BCUT2D eigenvalue weighted by Gasteiger charge is 2.54. The molecular weight excluding hydrogens is 556 g/mol. The van der Waals surface area contributed by atoms with Crippen molar-refractivity contribution in [2.45, 2.75) is 49.6 Å². The topological polar surface area (TPSA) is 126 Å². The standard InChI is InChI=1S/C31H32N4O6S/c36-28-19-35(42(39,40)20-22-5-4-15-32-18-22)27-14-16-34(29(27)28)31(38)26(17-21-8-9-21)33-30(37)23-10-12-25(13-11-23)41-24-6-2-1-3-7-24/h1-7,10-13,15,18,21,26-27,29H,8-9,14,16-17,19-20H2,(H,33,37). The molecule has 3 unspecified atom stereocenters.